The minimum Gasteiger partial charge on any atom is -0.480 e. The fourth-order valence-corrected chi connectivity index (χ4v) is 8.06. The van der Waals surface area contributed by atoms with E-state index >= 15 is 0 Å². The molecule has 0 aromatic carbocycles. The van der Waals surface area contributed by atoms with Crippen LogP contribution in [-0.2, 0) is 14.4 Å². The smallest absolute Gasteiger partial charge is 0.327 e. The summed E-state index contributed by atoms with van der Waals surface area (Å²) < 4.78 is -0.611. The van der Waals surface area contributed by atoms with Crippen LogP contribution in [0.4, 0.5) is 5.13 Å². The van der Waals surface area contributed by atoms with E-state index in [-0.39, 0.29) is 17.2 Å². The summed E-state index contributed by atoms with van der Waals surface area (Å²) in [5, 5.41) is 14.4. The van der Waals surface area contributed by atoms with Gasteiger partial charge in [-0.3, -0.25) is 9.59 Å². The molecule has 2 amide bonds. The monoisotopic (exact) mass is 450 g/mol. The Labute approximate surface area is 183 Å². The van der Waals surface area contributed by atoms with Gasteiger partial charge in [-0.25, -0.2) is 9.78 Å². The number of β-lactam (4-membered cyclic amide) rings is 1. The van der Waals surface area contributed by atoms with Crippen LogP contribution in [0.2, 0.25) is 0 Å². The Balaban J connectivity index is 1.31. The van der Waals surface area contributed by atoms with Gasteiger partial charge < -0.3 is 21.1 Å². The lowest BCUT2D eigenvalue weighted by atomic mass is 9.92. The quantitative estimate of drug-likeness (QED) is 0.565. The molecule has 3 heterocycles. The molecule has 1 aromatic heterocycles. The van der Waals surface area contributed by atoms with Crippen LogP contribution in [0.15, 0.2) is 5.38 Å². The van der Waals surface area contributed by atoms with Gasteiger partial charge in [0.25, 0.3) is 0 Å². The maximum absolute atomic E-state index is 13.3. The number of thiazole rings is 1. The van der Waals surface area contributed by atoms with Gasteiger partial charge in [-0.05, 0) is 50.9 Å². The molecule has 0 radical (unpaired) electrons. The third-order valence-corrected chi connectivity index (χ3v) is 9.54. The third kappa shape index (κ3) is 3.02. The number of carboxylic acids is 1. The number of aromatic nitrogens is 1. The summed E-state index contributed by atoms with van der Waals surface area (Å²) in [6.45, 7) is 3.65. The van der Waals surface area contributed by atoms with Crippen LogP contribution < -0.4 is 11.1 Å². The van der Waals surface area contributed by atoms with Crippen molar-refractivity contribution in [2.75, 3.05) is 5.73 Å². The first-order valence-corrected chi connectivity index (χ1v) is 12.2. The number of nitrogens with two attached hydrogens (primary N) is 1. The zero-order chi connectivity index (χ0) is 21.4. The second-order valence-electron chi connectivity index (χ2n) is 9.41. The lowest BCUT2D eigenvalue weighted by molar-refractivity contribution is -0.161. The predicted molar refractivity (Wildman–Crippen MR) is 114 cm³/mol. The highest BCUT2D eigenvalue weighted by atomic mass is 32.2. The van der Waals surface area contributed by atoms with E-state index in [4.69, 9.17) is 5.73 Å². The molecule has 162 valence electrons. The molecular weight excluding hydrogens is 424 g/mol. The zero-order valence-electron chi connectivity index (χ0n) is 16.9. The van der Waals surface area contributed by atoms with E-state index in [1.807, 2.05) is 19.2 Å². The van der Waals surface area contributed by atoms with E-state index in [9.17, 15) is 19.5 Å². The van der Waals surface area contributed by atoms with Gasteiger partial charge in [0.05, 0.1) is 11.6 Å². The summed E-state index contributed by atoms with van der Waals surface area (Å²) >= 11 is 2.75. The molecule has 2 aliphatic carbocycles. The fraction of sp³-hybridized carbons (Fsp3) is 0.700. The number of aliphatic carboxylic acids is 1. The Morgan fingerprint density at radius 3 is 2.70 bits per heavy atom. The highest BCUT2D eigenvalue weighted by Crippen LogP contribution is 2.60. The summed E-state index contributed by atoms with van der Waals surface area (Å²) in [5.74, 6) is 0.0236. The number of nitrogen functional groups attached to an aromatic ring is 1. The van der Waals surface area contributed by atoms with Crippen LogP contribution >= 0.6 is 23.1 Å². The number of fused-ring (bicyclic) bond motifs is 2. The first-order valence-electron chi connectivity index (χ1n) is 10.4. The van der Waals surface area contributed by atoms with Gasteiger partial charge >= 0.3 is 5.97 Å². The predicted octanol–water partition coefficient (Wildman–Crippen LogP) is 1.88. The van der Waals surface area contributed by atoms with E-state index in [2.05, 4.69) is 10.3 Å². The molecule has 10 heteroatoms. The number of amides is 2. The summed E-state index contributed by atoms with van der Waals surface area (Å²) in [4.78, 5) is 43.5. The zero-order valence-corrected chi connectivity index (χ0v) is 18.5. The normalized spacial score (nSPS) is 36.6. The highest BCUT2D eigenvalue weighted by molar-refractivity contribution is 8.01. The molecule has 0 spiro atoms. The minimum absolute atomic E-state index is 0.208. The maximum Gasteiger partial charge on any atom is 0.327 e. The van der Waals surface area contributed by atoms with Crippen molar-refractivity contribution in [3.8, 4) is 0 Å². The number of hydrogen-bond donors (Lipinski definition) is 3. The van der Waals surface area contributed by atoms with Crippen LogP contribution in [0.3, 0.4) is 0 Å². The summed E-state index contributed by atoms with van der Waals surface area (Å²) in [6, 6.07) is -1.57. The molecule has 30 heavy (non-hydrogen) atoms. The minimum atomic E-state index is -1.01. The average molecular weight is 451 g/mol. The average Bonchev–Trinajstić information content (AvgIpc) is 3.06. The number of hydrogen-bond acceptors (Lipinski definition) is 7. The van der Waals surface area contributed by atoms with Crippen molar-refractivity contribution in [3.63, 3.8) is 0 Å². The summed E-state index contributed by atoms with van der Waals surface area (Å²) in [7, 11) is 0. The lowest BCUT2D eigenvalue weighted by Gasteiger charge is -2.44. The molecule has 3 unspecified atom stereocenters. The van der Waals surface area contributed by atoms with E-state index in [0.717, 1.165) is 18.3 Å². The molecule has 2 saturated heterocycles. The topological polar surface area (TPSA) is 126 Å². The fourth-order valence-electron chi connectivity index (χ4n) is 5.81. The number of thioether (sulfide) groups is 1. The first kappa shape index (κ1) is 20.1. The van der Waals surface area contributed by atoms with E-state index in [1.165, 1.54) is 47.3 Å². The number of carbonyl (C=O) groups excluding carboxylic acids is 2. The Bertz CT molecular complexity index is 908. The molecule has 0 bridgehead atoms. The molecule has 2 aliphatic heterocycles. The van der Waals surface area contributed by atoms with Crippen molar-refractivity contribution in [2.45, 2.75) is 67.7 Å². The molecule has 5 rings (SSSR count). The summed E-state index contributed by atoms with van der Waals surface area (Å²) in [6.07, 6.45) is 4.49. The van der Waals surface area contributed by atoms with Gasteiger partial charge in [-0.2, -0.15) is 0 Å². The summed E-state index contributed by atoms with van der Waals surface area (Å²) in [5.41, 5.74) is 6.49. The Kier molecular flexibility index (Phi) is 4.59. The molecule has 2 saturated carbocycles. The van der Waals surface area contributed by atoms with Crippen molar-refractivity contribution in [3.05, 3.63) is 11.1 Å². The Morgan fingerprint density at radius 1 is 1.40 bits per heavy atom. The number of nitrogens with zero attached hydrogens (tertiary/aromatic N) is 2. The van der Waals surface area contributed by atoms with Crippen LogP contribution in [0.25, 0.3) is 0 Å². The van der Waals surface area contributed by atoms with Crippen molar-refractivity contribution in [1.82, 2.24) is 15.2 Å². The van der Waals surface area contributed by atoms with Crippen LogP contribution in [0.5, 0.6) is 0 Å². The second kappa shape index (κ2) is 6.85. The third-order valence-electron chi connectivity index (χ3n) is 7.28. The van der Waals surface area contributed by atoms with Crippen LogP contribution in [-0.4, -0.2) is 55.0 Å². The molecule has 4 fully saturated rings. The first-order chi connectivity index (χ1) is 14.2. The van der Waals surface area contributed by atoms with Gasteiger partial charge in [0, 0.05) is 10.1 Å². The molecule has 8 nitrogen and oxygen atoms in total. The number of anilines is 1. The Morgan fingerprint density at radius 2 is 2.10 bits per heavy atom. The van der Waals surface area contributed by atoms with Crippen molar-refractivity contribution >= 4 is 46.0 Å². The van der Waals surface area contributed by atoms with Gasteiger partial charge in [0.1, 0.15) is 17.5 Å². The maximum atomic E-state index is 13.3. The molecule has 4 N–H and O–H groups in total. The molecule has 6 atom stereocenters. The van der Waals surface area contributed by atoms with Crippen molar-refractivity contribution in [1.29, 1.82) is 0 Å². The SMILES string of the molecule is CC1(C)S[C@@H]2[C@H](NC(=O)C(CC3C4CCCC43)c3csc(N)n3)C(=O)N2[C@H]1C(=O)O. The standard InChI is InChI=1S/C20H26N4O4S2/c1-20(2)14(18(27)28)24-16(26)13(17(24)30-20)23-15(25)11(12-7-29-19(21)22-12)6-10-8-4-3-5-9(8)10/h7-11,13-14,17H,3-6H2,1-2H3,(H2,21,22)(H,23,25)(H,27,28)/t8?,9?,10?,11?,13-,14+,17-/m1/s1. The molecule has 1 aromatic rings. The van der Waals surface area contributed by atoms with Gasteiger partial charge in [0.2, 0.25) is 11.8 Å². The lowest BCUT2D eigenvalue weighted by Crippen LogP contribution is -2.70. The number of carbonyl (C=O) groups is 3. The number of carboxylic acid groups (broad SMARTS) is 1. The van der Waals surface area contributed by atoms with Crippen LogP contribution in [0, 0.1) is 17.8 Å². The van der Waals surface area contributed by atoms with Gasteiger partial charge in [-0.1, -0.05) is 6.42 Å². The second-order valence-corrected chi connectivity index (χ2v) is 12.1. The van der Waals surface area contributed by atoms with Crippen molar-refractivity contribution < 1.29 is 19.5 Å². The molecular formula is C20H26N4O4S2. The largest absolute Gasteiger partial charge is 0.480 e. The van der Waals surface area contributed by atoms with Crippen LogP contribution in [0.1, 0.15) is 51.1 Å². The highest BCUT2D eigenvalue weighted by Gasteiger charge is 2.64. The number of nitrogens with one attached hydrogen (secondary N) is 1. The van der Waals surface area contributed by atoms with E-state index < -0.39 is 28.7 Å². The number of rotatable bonds is 6. The van der Waals surface area contributed by atoms with E-state index in [0.29, 0.717) is 16.7 Å². The van der Waals surface area contributed by atoms with E-state index in [1.54, 1.807) is 0 Å². The van der Waals surface area contributed by atoms with Crippen molar-refractivity contribution in [2.24, 2.45) is 17.8 Å². The van der Waals surface area contributed by atoms with Gasteiger partial charge in [-0.15, -0.1) is 23.1 Å². The Hall–Kier alpha value is -1.81. The molecule has 4 aliphatic rings. The van der Waals surface area contributed by atoms with Gasteiger partial charge in [0.15, 0.2) is 5.13 Å².